The minimum atomic E-state index is -0.553. The summed E-state index contributed by atoms with van der Waals surface area (Å²) in [5.41, 5.74) is 11.2. The van der Waals surface area contributed by atoms with Crippen molar-refractivity contribution in [3.63, 3.8) is 0 Å². The molecule has 0 aliphatic heterocycles. The molecule has 5 aromatic carbocycles. The van der Waals surface area contributed by atoms with Gasteiger partial charge >= 0.3 is 0 Å². The zero-order chi connectivity index (χ0) is 27.9. The maximum Gasteiger partial charge on any atom is 0.123 e. The van der Waals surface area contributed by atoms with E-state index in [0.29, 0.717) is 6.61 Å². The summed E-state index contributed by atoms with van der Waals surface area (Å²) in [7, 11) is 1.84. The first-order valence-electron chi connectivity index (χ1n) is 14.3. The van der Waals surface area contributed by atoms with Gasteiger partial charge in [0.2, 0.25) is 0 Å². The van der Waals surface area contributed by atoms with Crippen LogP contribution in [0.25, 0.3) is 11.1 Å². The van der Waals surface area contributed by atoms with Crippen LogP contribution in [0.15, 0.2) is 151 Å². The second kappa shape index (κ2) is 12.3. The van der Waals surface area contributed by atoms with Crippen LogP contribution in [-0.2, 0) is 11.3 Å². The Kier molecular flexibility index (Phi) is 7.96. The summed E-state index contributed by atoms with van der Waals surface area (Å²) in [6, 6.07) is 50.4. The molecular formula is C39H34O2. The van der Waals surface area contributed by atoms with E-state index in [1.807, 2.05) is 31.4 Å². The first kappa shape index (κ1) is 26.6. The van der Waals surface area contributed by atoms with E-state index in [1.165, 1.54) is 5.56 Å². The van der Waals surface area contributed by atoms with Crippen molar-refractivity contribution in [2.24, 2.45) is 0 Å². The Morgan fingerprint density at radius 3 is 1.71 bits per heavy atom. The second-order valence-corrected chi connectivity index (χ2v) is 10.5. The Bertz CT molecular complexity index is 1590. The molecule has 202 valence electrons. The lowest BCUT2D eigenvalue weighted by Crippen LogP contribution is -2.48. The molecule has 1 aliphatic rings. The lowest BCUT2D eigenvalue weighted by atomic mass is 9.61. The van der Waals surface area contributed by atoms with Gasteiger partial charge in [-0.25, -0.2) is 0 Å². The summed E-state index contributed by atoms with van der Waals surface area (Å²) in [5.74, 6) is 1.03. The molecule has 2 unspecified atom stereocenters. The third-order valence-electron chi connectivity index (χ3n) is 8.12. The summed E-state index contributed by atoms with van der Waals surface area (Å²) in [5, 5.41) is 0. The van der Waals surface area contributed by atoms with Gasteiger partial charge in [-0.2, -0.15) is 0 Å². The predicted molar refractivity (Wildman–Crippen MR) is 168 cm³/mol. The fraction of sp³-hybridized carbons (Fsp3) is 0.154. The molecule has 6 rings (SSSR count). The Morgan fingerprint density at radius 1 is 0.659 bits per heavy atom. The molecule has 41 heavy (non-hydrogen) atoms. The van der Waals surface area contributed by atoms with E-state index in [4.69, 9.17) is 9.47 Å². The van der Waals surface area contributed by atoms with Crippen LogP contribution < -0.4 is 4.74 Å². The number of benzene rings is 5. The molecule has 0 radical (unpaired) electrons. The highest BCUT2D eigenvalue weighted by Crippen LogP contribution is 2.57. The smallest absolute Gasteiger partial charge is 0.123 e. The van der Waals surface area contributed by atoms with E-state index >= 15 is 0 Å². The molecule has 1 aliphatic carbocycles. The molecule has 1 fully saturated rings. The average molecular weight is 535 g/mol. The summed E-state index contributed by atoms with van der Waals surface area (Å²) in [6.45, 7) is 0.526. The molecule has 2 heteroatoms. The quantitative estimate of drug-likeness (QED) is 0.175. The number of ether oxygens (including phenoxy) is 2. The van der Waals surface area contributed by atoms with Crippen molar-refractivity contribution in [1.29, 1.82) is 0 Å². The summed E-state index contributed by atoms with van der Waals surface area (Å²) in [4.78, 5) is 0. The van der Waals surface area contributed by atoms with Gasteiger partial charge in [0.15, 0.2) is 0 Å². The number of hydrogen-bond donors (Lipinski definition) is 0. The minimum absolute atomic E-state index is 0.120. The molecule has 5 aromatic rings. The molecule has 2 atom stereocenters. The van der Waals surface area contributed by atoms with Crippen molar-refractivity contribution < 1.29 is 9.47 Å². The van der Waals surface area contributed by atoms with Crippen molar-refractivity contribution in [3.8, 4) is 5.75 Å². The normalized spacial score (nSPS) is 17.6. The summed E-state index contributed by atoms with van der Waals surface area (Å²) >= 11 is 0. The monoisotopic (exact) mass is 534 g/mol. The number of methoxy groups -OCH3 is 1. The maximum atomic E-state index is 6.58. The third kappa shape index (κ3) is 5.54. The molecule has 0 saturated heterocycles. The maximum absolute atomic E-state index is 6.58. The zero-order valence-electron chi connectivity index (χ0n) is 23.4. The summed E-state index contributed by atoms with van der Waals surface area (Å²) < 4.78 is 13.0. The molecule has 0 bridgehead atoms. The van der Waals surface area contributed by atoms with Gasteiger partial charge in [0.1, 0.15) is 18.0 Å². The van der Waals surface area contributed by atoms with Crippen LogP contribution in [0.1, 0.15) is 46.6 Å². The van der Waals surface area contributed by atoms with Gasteiger partial charge < -0.3 is 9.47 Å². The Balaban J connectivity index is 1.51. The fourth-order valence-corrected chi connectivity index (χ4v) is 5.91. The number of hydrogen-bond acceptors (Lipinski definition) is 2. The van der Waals surface area contributed by atoms with Crippen molar-refractivity contribution in [1.82, 2.24) is 0 Å². The highest BCUT2D eigenvalue weighted by atomic mass is 16.5. The fourth-order valence-electron chi connectivity index (χ4n) is 5.91. The van der Waals surface area contributed by atoms with Crippen LogP contribution in [0.4, 0.5) is 0 Å². The molecule has 0 amide bonds. The molecule has 0 aromatic heterocycles. The number of rotatable bonds is 9. The average Bonchev–Trinajstić information content (AvgIpc) is 3.04. The largest absolute Gasteiger partial charge is 0.489 e. The zero-order valence-corrected chi connectivity index (χ0v) is 23.4. The topological polar surface area (TPSA) is 18.5 Å². The Hall–Kier alpha value is -4.62. The van der Waals surface area contributed by atoms with E-state index in [-0.39, 0.29) is 5.92 Å². The van der Waals surface area contributed by atoms with Crippen molar-refractivity contribution in [3.05, 3.63) is 179 Å². The van der Waals surface area contributed by atoms with Gasteiger partial charge in [-0.1, -0.05) is 140 Å². The Morgan fingerprint density at radius 2 is 1.17 bits per heavy atom. The number of para-hydroxylation sites is 1. The molecule has 1 saturated carbocycles. The van der Waals surface area contributed by atoms with Crippen LogP contribution in [0, 0.1) is 0 Å². The summed E-state index contributed by atoms with van der Waals surface area (Å²) in [6.07, 6.45) is 1.90. The van der Waals surface area contributed by atoms with E-state index < -0.39 is 5.60 Å². The lowest BCUT2D eigenvalue weighted by Gasteiger charge is -2.50. The van der Waals surface area contributed by atoms with Crippen LogP contribution in [0.2, 0.25) is 0 Å². The minimum Gasteiger partial charge on any atom is -0.489 e. The van der Waals surface area contributed by atoms with Gasteiger partial charge in [-0.05, 0) is 41.2 Å². The van der Waals surface area contributed by atoms with Crippen LogP contribution in [0.5, 0.6) is 5.75 Å². The molecule has 0 heterocycles. The van der Waals surface area contributed by atoms with Crippen molar-refractivity contribution >= 4 is 11.1 Å². The molecule has 0 N–H and O–H groups in total. The highest BCUT2D eigenvalue weighted by molar-refractivity contribution is 5.86. The third-order valence-corrected chi connectivity index (χ3v) is 8.12. The van der Waals surface area contributed by atoms with Gasteiger partial charge in [-0.3, -0.25) is 0 Å². The van der Waals surface area contributed by atoms with E-state index in [9.17, 15) is 0 Å². The second-order valence-electron chi connectivity index (χ2n) is 10.5. The van der Waals surface area contributed by atoms with E-state index in [0.717, 1.165) is 52.0 Å². The first-order chi connectivity index (χ1) is 20.3. The first-order valence-corrected chi connectivity index (χ1v) is 14.3. The standard InChI is InChI=1S/C39H34O2/c1-40-39(27-26-36(39)34-24-14-15-25-38(34)41-29-30-16-6-2-7-17-30)37(33-22-12-5-13-23-33)28-35(31-18-8-3-9-19-31)32-20-10-4-11-21-32/h2-25,36H,26-27,29H2,1H3. The van der Waals surface area contributed by atoms with Crippen molar-refractivity contribution in [2.75, 3.05) is 7.11 Å². The highest BCUT2D eigenvalue weighted by Gasteiger charge is 2.52. The molecule has 0 spiro atoms. The predicted octanol–water partition coefficient (Wildman–Crippen LogP) is 9.34. The van der Waals surface area contributed by atoms with Gasteiger partial charge in [0.05, 0.1) is 0 Å². The molecular weight excluding hydrogens is 500 g/mol. The van der Waals surface area contributed by atoms with E-state index in [1.54, 1.807) is 0 Å². The lowest BCUT2D eigenvalue weighted by molar-refractivity contribution is -0.0439. The van der Waals surface area contributed by atoms with Crippen molar-refractivity contribution in [2.45, 2.75) is 31.0 Å². The van der Waals surface area contributed by atoms with Gasteiger partial charge in [0, 0.05) is 29.7 Å². The van der Waals surface area contributed by atoms with Crippen LogP contribution in [-0.4, -0.2) is 12.7 Å². The van der Waals surface area contributed by atoms with Gasteiger partial charge in [-0.15, -0.1) is 5.73 Å². The molecule has 2 nitrogen and oxygen atoms in total. The van der Waals surface area contributed by atoms with Gasteiger partial charge in [0.25, 0.3) is 0 Å². The Labute approximate surface area is 243 Å². The van der Waals surface area contributed by atoms with Crippen LogP contribution in [0.3, 0.4) is 0 Å². The van der Waals surface area contributed by atoms with Crippen LogP contribution >= 0.6 is 0 Å². The van der Waals surface area contributed by atoms with E-state index in [2.05, 4.69) is 127 Å². The SMILES string of the molecule is COC1(C(=C=C(c2ccccc2)c2ccccc2)c2ccccc2)CCC1c1ccccc1OCc1ccccc1.